The van der Waals surface area contributed by atoms with Crippen molar-refractivity contribution < 1.29 is 9.53 Å². The van der Waals surface area contributed by atoms with Crippen LogP contribution in [0.1, 0.15) is 18.2 Å². The molecule has 5 nitrogen and oxygen atoms in total. The molecule has 0 aliphatic carbocycles. The Balaban J connectivity index is 1.99. The van der Waals surface area contributed by atoms with Crippen molar-refractivity contribution in [3.63, 3.8) is 0 Å². The number of nitrogens with zero attached hydrogens (tertiary/aromatic N) is 2. The number of hydrogen-bond acceptors (Lipinski definition) is 3. The molecule has 21 heavy (non-hydrogen) atoms. The zero-order chi connectivity index (χ0) is 15.2. The summed E-state index contributed by atoms with van der Waals surface area (Å²) < 4.78 is 7.08. The second-order valence-electron chi connectivity index (χ2n) is 4.75. The van der Waals surface area contributed by atoms with Gasteiger partial charge in [-0.25, -0.2) is 5.43 Å². The first-order valence-corrected chi connectivity index (χ1v) is 6.68. The minimum atomic E-state index is -0.140. The second-order valence-corrected chi connectivity index (χ2v) is 4.75. The Bertz CT molecular complexity index is 659. The zero-order valence-corrected chi connectivity index (χ0v) is 12.5. The van der Waals surface area contributed by atoms with Crippen LogP contribution < -0.4 is 10.2 Å². The van der Waals surface area contributed by atoms with Crippen molar-refractivity contribution in [1.82, 2.24) is 9.99 Å². The summed E-state index contributed by atoms with van der Waals surface area (Å²) in [6, 6.07) is 11.4. The summed E-state index contributed by atoms with van der Waals surface area (Å²) in [5.74, 6) is 0.622. The summed E-state index contributed by atoms with van der Waals surface area (Å²) in [6.45, 7) is 1.84. The first-order valence-electron chi connectivity index (χ1n) is 6.68. The molecule has 1 aromatic carbocycles. The molecule has 2 rings (SSSR count). The van der Waals surface area contributed by atoms with E-state index in [1.54, 1.807) is 7.11 Å². The summed E-state index contributed by atoms with van der Waals surface area (Å²) in [7, 11) is 3.53. The maximum absolute atomic E-state index is 11.9. The highest BCUT2D eigenvalue weighted by atomic mass is 16.5. The molecule has 0 saturated heterocycles. The van der Waals surface area contributed by atoms with E-state index in [-0.39, 0.29) is 5.91 Å². The number of hydrazone groups is 1. The predicted molar refractivity (Wildman–Crippen MR) is 82.5 cm³/mol. The van der Waals surface area contributed by atoms with Crippen LogP contribution in [0.4, 0.5) is 0 Å². The monoisotopic (exact) mass is 285 g/mol. The van der Waals surface area contributed by atoms with E-state index in [4.69, 9.17) is 4.74 Å². The van der Waals surface area contributed by atoms with Crippen LogP contribution in [0.15, 0.2) is 47.7 Å². The molecule has 1 amide bonds. The van der Waals surface area contributed by atoms with Crippen LogP contribution in [-0.2, 0) is 18.3 Å². The number of amides is 1. The summed E-state index contributed by atoms with van der Waals surface area (Å²) in [6.07, 6.45) is 2.21. The Morgan fingerprint density at radius 3 is 2.81 bits per heavy atom. The SMILES string of the molecule is COc1cccc(/C(C)=N\NC(=O)Cc2cccn2C)c1. The van der Waals surface area contributed by atoms with E-state index < -0.39 is 0 Å². The predicted octanol–water partition coefficient (Wildman–Crippen LogP) is 2.12. The van der Waals surface area contributed by atoms with Crippen molar-refractivity contribution in [2.75, 3.05) is 7.11 Å². The Kier molecular flexibility index (Phi) is 4.77. The highest BCUT2D eigenvalue weighted by Crippen LogP contribution is 2.13. The number of aromatic nitrogens is 1. The number of benzene rings is 1. The standard InChI is InChI=1S/C16H19N3O2/c1-12(13-6-4-8-15(10-13)21-3)17-18-16(20)11-14-7-5-9-19(14)2/h4-10H,11H2,1-3H3,(H,18,20)/b17-12-. The highest BCUT2D eigenvalue weighted by molar-refractivity contribution is 5.99. The Hall–Kier alpha value is -2.56. The number of nitrogens with one attached hydrogen (secondary N) is 1. The van der Waals surface area contributed by atoms with Gasteiger partial charge in [0.2, 0.25) is 5.91 Å². The molecule has 0 bridgehead atoms. The molecule has 5 heteroatoms. The Morgan fingerprint density at radius 2 is 2.14 bits per heavy atom. The van der Waals surface area contributed by atoms with Crippen molar-refractivity contribution in [2.45, 2.75) is 13.3 Å². The van der Waals surface area contributed by atoms with Gasteiger partial charge >= 0.3 is 0 Å². The van der Waals surface area contributed by atoms with E-state index in [2.05, 4.69) is 10.5 Å². The number of aryl methyl sites for hydroxylation is 1. The number of rotatable bonds is 5. The molecule has 0 atom stereocenters. The normalized spacial score (nSPS) is 11.3. The molecule has 0 spiro atoms. The molecule has 0 aliphatic heterocycles. The van der Waals surface area contributed by atoms with Gasteiger partial charge in [0.05, 0.1) is 19.2 Å². The van der Waals surface area contributed by atoms with E-state index in [0.29, 0.717) is 6.42 Å². The Morgan fingerprint density at radius 1 is 1.33 bits per heavy atom. The number of methoxy groups -OCH3 is 1. The zero-order valence-electron chi connectivity index (χ0n) is 12.5. The van der Waals surface area contributed by atoms with Crippen LogP contribution in [0, 0.1) is 0 Å². The smallest absolute Gasteiger partial charge is 0.246 e. The van der Waals surface area contributed by atoms with Gasteiger partial charge in [0.1, 0.15) is 5.75 Å². The van der Waals surface area contributed by atoms with Crippen LogP contribution in [0.25, 0.3) is 0 Å². The summed E-state index contributed by atoms with van der Waals surface area (Å²) in [5, 5.41) is 4.13. The van der Waals surface area contributed by atoms with Crippen molar-refractivity contribution >= 4 is 11.6 Å². The van der Waals surface area contributed by atoms with Crippen LogP contribution in [0.5, 0.6) is 5.75 Å². The van der Waals surface area contributed by atoms with Gasteiger partial charge in [0, 0.05) is 24.5 Å². The molecule has 2 aromatic rings. The number of hydrogen-bond donors (Lipinski definition) is 1. The molecular formula is C16H19N3O2. The summed E-state index contributed by atoms with van der Waals surface area (Å²) in [5.41, 5.74) is 5.17. The molecule has 0 fully saturated rings. The lowest BCUT2D eigenvalue weighted by Crippen LogP contribution is -2.22. The fourth-order valence-corrected chi connectivity index (χ4v) is 1.94. The van der Waals surface area contributed by atoms with Gasteiger partial charge in [0.15, 0.2) is 0 Å². The largest absolute Gasteiger partial charge is 0.497 e. The van der Waals surface area contributed by atoms with Crippen LogP contribution in [0.3, 0.4) is 0 Å². The maximum atomic E-state index is 11.9. The molecule has 0 radical (unpaired) electrons. The Labute approximate surface area is 124 Å². The molecule has 1 N–H and O–H groups in total. The van der Waals surface area contributed by atoms with Gasteiger partial charge in [-0.05, 0) is 31.2 Å². The van der Waals surface area contributed by atoms with Crippen LogP contribution in [-0.4, -0.2) is 23.3 Å². The molecule has 0 saturated carbocycles. The third kappa shape index (κ3) is 3.95. The van der Waals surface area contributed by atoms with E-state index in [1.165, 1.54) is 0 Å². The van der Waals surface area contributed by atoms with Crippen LogP contribution >= 0.6 is 0 Å². The first-order chi connectivity index (χ1) is 10.1. The minimum Gasteiger partial charge on any atom is -0.497 e. The average Bonchev–Trinajstić information content (AvgIpc) is 2.90. The lowest BCUT2D eigenvalue weighted by molar-refractivity contribution is -0.120. The second kappa shape index (κ2) is 6.74. The van der Waals surface area contributed by atoms with Crippen molar-refractivity contribution in [1.29, 1.82) is 0 Å². The quantitative estimate of drug-likeness (QED) is 0.676. The van der Waals surface area contributed by atoms with E-state index in [0.717, 1.165) is 22.7 Å². The fraction of sp³-hybridized carbons (Fsp3) is 0.250. The average molecular weight is 285 g/mol. The molecule has 1 aromatic heterocycles. The van der Waals surface area contributed by atoms with Gasteiger partial charge in [-0.15, -0.1) is 0 Å². The highest BCUT2D eigenvalue weighted by Gasteiger charge is 2.05. The van der Waals surface area contributed by atoms with E-state index >= 15 is 0 Å². The van der Waals surface area contributed by atoms with Gasteiger partial charge in [0.25, 0.3) is 0 Å². The molecule has 0 aliphatic rings. The van der Waals surface area contributed by atoms with Gasteiger partial charge < -0.3 is 9.30 Å². The molecule has 110 valence electrons. The lowest BCUT2D eigenvalue weighted by atomic mass is 10.1. The maximum Gasteiger partial charge on any atom is 0.246 e. The van der Waals surface area contributed by atoms with Crippen molar-refractivity contribution in [3.05, 3.63) is 53.9 Å². The number of carbonyl (C=O) groups is 1. The topological polar surface area (TPSA) is 55.6 Å². The molecular weight excluding hydrogens is 266 g/mol. The van der Waals surface area contributed by atoms with Gasteiger partial charge in [-0.1, -0.05) is 12.1 Å². The third-order valence-corrected chi connectivity index (χ3v) is 3.23. The molecule has 1 heterocycles. The summed E-state index contributed by atoms with van der Waals surface area (Å²) in [4.78, 5) is 11.9. The number of carbonyl (C=O) groups excluding carboxylic acids is 1. The minimum absolute atomic E-state index is 0.140. The number of ether oxygens (including phenoxy) is 1. The summed E-state index contributed by atoms with van der Waals surface area (Å²) >= 11 is 0. The third-order valence-electron chi connectivity index (χ3n) is 3.23. The van der Waals surface area contributed by atoms with Gasteiger partial charge in [-0.2, -0.15) is 5.10 Å². The molecule has 0 unspecified atom stereocenters. The van der Waals surface area contributed by atoms with E-state index in [1.807, 2.05) is 61.1 Å². The van der Waals surface area contributed by atoms with Gasteiger partial charge in [-0.3, -0.25) is 4.79 Å². The fourth-order valence-electron chi connectivity index (χ4n) is 1.94. The van der Waals surface area contributed by atoms with Crippen molar-refractivity contribution in [2.24, 2.45) is 12.1 Å². The van der Waals surface area contributed by atoms with Crippen molar-refractivity contribution in [3.8, 4) is 5.75 Å². The lowest BCUT2D eigenvalue weighted by Gasteiger charge is -2.05. The first kappa shape index (κ1) is 14.8. The van der Waals surface area contributed by atoms with E-state index in [9.17, 15) is 4.79 Å². The van der Waals surface area contributed by atoms with Crippen LogP contribution in [0.2, 0.25) is 0 Å².